The molecule has 1 aliphatic rings. The summed E-state index contributed by atoms with van der Waals surface area (Å²) < 4.78 is 30.4. The predicted molar refractivity (Wildman–Crippen MR) is 62.6 cm³/mol. The lowest BCUT2D eigenvalue weighted by Gasteiger charge is -2.30. The normalized spacial score (nSPS) is 20.9. The number of furan rings is 1. The molecule has 0 spiro atoms. The summed E-state index contributed by atoms with van der Waals surface area (Å²) in [7, 11) is -4.01. The first-order chi connectivity index (χ1) is 8.96. The molecule has 1 atom stereocenters. The fourth-order valence-electron chi connectivity index (χ4n) is 2.07. The van der Waals surface area contributed by atoms with Gasteiger partial charge in [0, 0.05) is 6.54 Å². The van der Waals surface area contributed by atoms with Crippen LogP contribution < -0.4 is 0 Å². The minimum atomic E-state index is -4.01. The minimum absolute atomic E-state index is 0.123. The average Bonchev–Trinajstić information content (AvgIpc) is 2.88. The molecule has 0 bridgehead atoms. The van der Waals surface area contributed by atoms with E-state index < -0.39 is 27.1 Å². The maximum atomic E-state index is 12.3. The highest BCUT2D eigenvalue weighted by Crippen LogP contribution is 2.26. The van der Waals surface area contributed by atoms with Gasteiger partial charge in [-0.1, -0.05) is 0 Å². The molecule has 102 valence electrons. The van der Waals surface area contributed by atoms with E-state index in [1.165, 1.54) is 12.1 Å². The number of nitriles is 1. The topological polar surface area (TPSA) is 112 Å². The summed E-state index contributed by atoms with van der Waals surface area (Å²) in [5.41, 5.74) is 0. The van der Waals surface area contributed by atoms with E-state index >= 15 is 0 Å². The standard InChI is InChI=1S/C11H12N2O5S/c12-7-8-4-5-10(18-8)19(16,17)13-6-2-1-3-9(13)11(14)15/h4-5,9H,1-3,6H2,(H,14,15). The Labute approximate surface area is 110 Å². The fraction of sp³-hybridized carbons (Fsp3) is 0.455. The predicted octanol–water partition coefficient (Wildman–Crippen LogP) is 0.779. The van der Waals surface area contributed by atoms with E-state index in [0.29, 0.717) is 12.8 Å². The molecule has 0 aromatic carbocycles. The van der Waals surface area contributed by atoms with Crippen LogP contribution >= 0.6 is 0 Å². The molecule has 1 N–H and O–H groups in total. The van der Waals surface area contributed by atoms with Crippen LogP contribution in [-0.4, -0.2) is 36.4 Å². The minimum Gasteiger partial charge on any atom is -0.480 e. The van der Waals surface area contributed by atoms with Gasteiger partial charge in [-0.2, -0.15) is 9.57 Å². The second kappa shape index (κ2) is 5.03. The van der Waals surface area contributed by atoms with Gasteiger partial charge < -0.3 is 9.52 Å². The van der Waals surface area contributed by atoms with Gasteiger partial charge in [0.05, 0.1) is 0 Å². The van der Waals surface area contributed by atoms with Gasteiger partial charge in [0.25, 0.3) is 10.0 Å². The number of carboxylic acids is 1. The number of hydrogen-bond donors (Lipinski definition) is 1. The third kappa shape index (κ3) is 2.47. The molecule has 0 amide bonds. The molecule has 1 unspecified atom stereocenters. The van der Waals surface area contributed by atoms with Crippen LogP contribution in [0.4, 0.5) is 0 Å². The van der Waals surface area contributed by atoms with Gasteiger partial charge >= 0.3 is 5.97 Å². The Balaban J connectivity index is 2.37. The van der Waals surface area contributed by atoms with Crippen LogP contribution in [0.25, 0.3) is 0 Å². The van der Waals surface area contributed by atoms with E-state index in [-0.39, 0.29) is 18.7 Å². The Kier molecular flexibility index (Phi) is 3.59. The summed E-state index contributed by atoms with van der Waals surface area (Å²) in [5.74, 6) is -1.29. The average molecular weight is 284 g/mol. The molecular formula is C11H12N2O5S. The van der Waals surface area contributed by atoms with Gasteiger partial charge in [0.15, 0.2) is 0 Å². The summed E-state index contributed by atoms with van der Waals surface area (Å²) in [4.78, 5) is 11.1. The molecule has 1 fully saturated rings. The maximum Gasteiger partial charge on any atom is 0.322 e. The number of sulfonamides is 1. The van der Waals surface area contributed by atoms with Crippen molar-refractivity contribution in [1.29, 1.82) is 5.26 Å². The SMILES string of the molecule is N#Cc1ccc(S(=O)(=O)N2CCCCC2C(=O)O)o1. The van der Waals surface area contributed by atoms with Crippen molar-refractivity contribution in [3.05, 3.63) is 17.9 Å². The third-order valence-corrected chi connectivity index (χ3v) is 4.78. The number of nitrogens with zero attached hydrogens (tertiary/aromatic N) is 2. The highest BCUT2D eigenvalue weighted by atomic mass is 32.2. The number of hydrogen-bond acceptors (Lipinski definition) is 5. The van der Waals surface area contributed by atoms with Crippen molar-refractivity contribution >= 4 is 16.0 Å². The van der Waals surface area contributed by atoms with Gasteiger partial charge in [0.2, 0.25) is 10.9 Å². The zero-order chi connectivity index (χ0) is 14.0. The summed E-state index contributed by atoms with van der Waals surface area (Å²) in [5, 5.41) is 17.3. The summed E-state index contributed by atoms with van der Waals surface area (Å²) in [6, 6.07) is 3.03. The van der Waals surface area contributed by atoms with Gasteiger partial charge in [-0.25, -0.2) is 8.42 Å². The number of piperidine rings is 1. The van der Waals surface area contributed by atoms with Crippen LogP contribution in [0.2, 0.25) is 0 Å². The van der Waals surface area contributed by atoms with Crippen LogP contribution in [0.5, 0.6) is 0 Å². The first kappa shape index (κ1) is 13.6. The van der Waals surface area contributed by atoms with Crippen molar-refractivity contribution in [1.82, 2.24) is 4.31 Å². The number of carbonyl (C=O) groups is 1. The van der Waals surface area contributed by atoms with Gasteiger partial charge in [0.1, 0.15) is 12.1 Å². The third-order valence-electron chi connectivity index (χ3n) is 2.99. The lowest BCUT2D eigenvalue weighted by Crippen LogP contribution is -2.47. The molecule has 1 saturated heterocycles. The molecule has 0 saturated carbocycles. The van der Waals surface area contributed by atoms with E-state index in [9.17, 15) is 13.2 Å². The maximum absolute atomic E-state index is 12.3. The van der Waals surface area contributed by atoms with E-state index in [2.05, 4.69) is 0 Å². The second-order valence-electron chi connectivity index (χ2n) is 4.20. The van der Waals surface area contributed by atoms with Crippen molar-refractivity contribution < 1.29 is 22.7 Å². The van der Waals surface area contributed by atoms with E-state index in [1.54, 1.807) is 6.07 Å². The van der Waals surface area contributed by atoms with Crippen LogP contribution in [0.15, 0.2) is 21.6 Å². The largest absolute Gasteiger partial charge is 0.480 e. The first-order valence-electron chi connectivity index (χ1n) is 5.71. The van der Waals surface area contributed by atoms with Crippen LogP contribution in [0.3, 0.4) is 0 Å². The number of rotatable bonds is 3. The number of carboxylic acid groups (broad SMARTS) is 1. The molecular weight excluding hydrogens is 272 g/mol. The zero-order valence-corrected chi connectivity index (χ0v) is 10.8. The van der Waals surface area contributed by atoms with E-state index in [0.717, 1.165) is 4.31 Å². The molecule has 2 heterocycles. The summed E-state index contributed by atoms with van der Waals surface area (Å²) >= 11 is 0. The Bertz CT molecular complexity index is 628. The monoisotopic (exact) mass is 284 g/mol. The van der Waals surface area contributed by atoms with Crippen molar-refractivity contribution in [3.63, 3.8) is 0 Å². The van der Waals surface area contributed by atoms with E-state index in [4.69, 9.17) is 14.8 Å². The number of aliphatic carboxylic acids is 1. The van der Waals surface area contributed by atoms with Crippen LogP contribution in [-0.2, 0) is 14.8 Å². The molecule has 19 heavy (non-hydrogen) atoms. The Hall–Kier alpha value is -1.85. The van der Waals surface area contributed by atoms with Crippen LogP contribution in [0.1, 0.15) is 25.0 Å². The smallest absolute Gasteiger partial charge is 0.322 e. The van der Waals surface area contributed by atoms with Gasteiger partial charge in [-0.05, 0) is 31.4 Å². The van der Waals surface area contributed by atoms with Crippen molar-refractivity contribution in [2.45, 2.75) is 30.4 Å². The Morgan fingerprint density at radius 2 is 2.21 bits per heavy atom. The summed E-state index contributed by atoms with van der Waals surface area (Å²) in [6.07, 6.45) is 1.56. The lowest BCUT2D eigenvalue weighted by atomic mass is 10.1. The highest BCUT2D eigenvalue weighted by Gasteiger charge is 2.39. The zero-order valence-electron chi connectivity index (χ0n) is 9.94. The molecule has 1 aromatic rings. The van der Waals surface area contributed by atoms with E-state index in [1.807, 2.05) is 0 Å². The molecule has 2 rings (SSSR count). The Morgan fingerprint density at radius 3 is 2.79 bits per heavy atom. The van der Waals surface area contributed by atoms with Gasteiger partial charge in [-0.3, -0.25) is 4.79 Å². The quantitative estimate of drug-likeness (QED) is 0.877. The molecule has 1 aromatic heterocycles. The first-order valence-corrected chi connectivity index (χ1v) is 7.15. The molecule has 0 aliphatic carbocycles. The van der Waals surface area contributed by atoms with Crippen molar-refractivity contribution in [2.24, 2.45) is 0 Å². The van der Waals surface area contributed by atoms with Gasteiger partial charge in [-0.15, -0.1) is 0 Å². The second-order valence-corrected chi connectivity index (χ2v) is 6.02. The molecule has 1 aliphatic heterocycles. The lowest BCUT2D eigenvalue weighted by molar-refractivity contribution is -0.142. The highest BCUT2D eigenvalue weighted by molar-refractivity contribution is 7.89. The van der Waals surface area contributed by atoms with Crippen molar-refractivity contribution in [2.75, 3.05) is 6.54 Å². The fourth-order valence-corrected chi connectivity index (χ4v) is 3.64. The summed E-state index contributed by atoms with van der Waals surface area (Å²) in [6.45, 7) is 0.141. The molecule has 7 nitrogen and oxygen atoms in total. The van der Waals surface area contributed by atoms with Crippen LogP contribution in [0, 0.1) is 11.3 Å². The van der Waals surface area contributed by atoms with Crippen molar-refractivity contribution in [3.8, 4) is 6.07 Å². The molecule has 8 heteroatoms. The Morgan fingerprint density at radius 1 is 1.47 bits per heavy atom. The molecule has 0 radical (unpaired) electrons.